The molecule has 2 aliphatic rings. The van der Waals surface area contributed by atoms with Gasteiger partial charge in [-0.3, -0.25) is 9.69 Å². The Morgan fingerprint density at radius 3 is 2.53 bits per heavy atom. The molecule has 1 aliphatic heterocycles. The van der Waals surface area contributed by atoms with Gasteiger partial charge in [0.15, 0.2) is 0 Å². The summed E-state index contributed by atoms with van der Waals surface area (Å²) in [6, 6.07) is 0.616. The SMILES string of the molecule is CS[C@@H]1CC[C@H](N(C)CC(=O)N2CCC(C)CC2)C1. The number of hydrogen-bond donors (Lipinski definition) is 0. The van der Waals surface area contributed by atoms with Crippen LogP contribution in [0.15, 0.2) is 0 Å². The predicted molar refractivity (Wildman–Crippen MR) is 82.6 cm³/mol. The molecule has 0 N–H and O–H groups in total. The molecule has 110 valence electrons. The van der Waals surface area contributed by atoms with E-state index in [1.165, 1.54) is 32.1 Å². The molecule has 2 fully saturated rings. The zero-order chi connectivity index (χ0) is 13.8. The first-order valence-corrected chi connectivity index (χ1v) is 8.89. The highest BCUT2D eigenvalue weighted by molar-refractivity contribution is 7.99. The lowest BCUT2D eigenvalue weighted by molar-refractivity contribution is -0.133. The van der Waals surface area contributed by atoms with Crippen molar-refractivity contribution in [2.45, 2.75) is 50.3 Å². The minimum Gasteiger partial charge on any atom is -0.342 e. The standard InChI is InChI=1S/C15H28N2OS/c1-12-6-8-17(9-7-12)15(18)11-16(2)13-4-5-14(10-13)19-3/h12-14H,4-11H2,1-3H3/t13-,14+/m0/s1. The molecular weight excluding hydrogens is 256 g/mol. The molecule has 0 aromatic rings. The molecule has 1 heterocycles. The van der Waals surface area contributed by atoms with Crippen LogP contribution >= 0.6 is 11.8 Å². The van der Waals surface area contributed by atoms with E-state index in [1.54, 1.807) is 0 Å². The van der Waals surface area contributed by atoms with Gasteiger partial charge >= 0.3 is 0 Å². The van der Waals surface area contributed by atoms with Crippen LogP contribution in [0, 0.1) is 5.92 Å². The third-order valence-corrected chi connectivity index (χ3v) is 5.93. The summed E-state index contributed by atoms with van der Waals surface area (Å²) in [7, 11) is 2.12. The monoisotopic (exact) mass is 284 g/mol. The number of piperidine rings is 1. The molecule has 2 rings (SSSR count). The average molecular weight is 284 g/mol. The zero-order valence-corrected chi connectivity index (χ0v) is 13.4. The van der Waals surface area contributed by atoms with Crippen LogP contribution in [0.5, 0.6) is 0 Å². The summed E-state index contributed by atoms with van der Waals surface area (Å²) in [6.45, 7) is 4.83. The molecule has 4 heteroatoms. The Labute approximate surface area is 122 Å². The van der Waals surface area contributed by atoms with E-state index < -0.39 is 0 Å². The van der Waals surface area contributed by atoms with Crippen molar-refractivity contribution < 1.29 is 4.79 Å². The largest absolute Gasteiger partial charge is 0.342 e. The highest BCUT2D eigenvalue weighted by Crippen LogP contribution is 2.30. The van der Waals surface area contributed by atoms with Crippen molar-refractivity contribution >= 4 is 17.7 Å². The molecule has 0 spiro atoms. The highest BCUT2D eigenvalue weighted by atomic mass is 32.2. The molecule has 2 atom stereocenters. The fourth-order valence-corrected chi connectivity index (χ4v) is 4.02. The molecule has 1 saturated carbocycles. The van der Waals surface area contributed by atoms with Crippen molar-refractivity contribution in [3.8, 4) is 0 Å². The predicted octanol–water partition coefficient (Wildman–Crippen LogP) is 2.46. The second-order valence-electron chi connectivity index (χ2n) is 6.30. The van der Waals surface area contributed by atoms with Crippen molar-refractivity contribution in [3.05, 3.63) is 0 Å². The van der Waals surface area contributed by atoms with E-state index in [9.17, 15) is 4.79 Å². The van der Waals surface area contributed by atoms with Gasteiger partial charge in [0.1, 0.15) is 0 Å². The molecule has 3 nitrogen and oxygen atoms in total. The Hall–Kier alpha value is -0.220. The normalized spacial score (nSPS) is 29.2. The summed E-state index contributed by atoms with van der Waals surface area (Å²) in [5, 5.41) is 0.804. The van der Waals surface area contributed by atoms with E-state index in [0.717, 1.165) is 24.3 Å². The smallest absolute Gasteiger partial charge is 0.236 e. The third-order valence-electron chi connectivity index (χ3n) is 4.83. The molecule has 1 aliphatic carbocycles. The first-order chi connectivity index (χ1) is 9.10. The number of thioether (sulfide) groups is 1. The fourth-order valence-electron chi connectivity index (χ4n) is 3.23. The Kier molecular flexibility index (Phi) is 5.58. The quantitative estimate of drug-likeness (QED) is 0.792. The first kappa shape index (κ1) is 15.2. The lowest BCUT2D eigenvalue weighted by Gasteiger charge is -2.33. The van der Waals surface area contributed by atoms with Crippen LogP contribution in [-0.4, -0.2) is 59.9 Å². The van der Waals surface area contributed by atoms with Crippen LogP contribution in [0.1, 0.15) is 39.0 Å². The van der Waals surface area contributed by atoms with Crippen LogP contribution in [-0.2, 0) is 4.79 Å². The highest BCUT2D eigenvalue weighted by Gasteiger charge is 2.29. The van der Waals surface area contributed by atoms with Gasteiger partial charge in [-0.25, -0.2) is 0 Å². The van der Waals surface area contributed by atoms with Crippen LogP contribution in [0.4, 0.5) is 0 Å². The number of hydrogen-bond acceptors (Lipinski definition) is 3. The van der Waals surface area contributed by atoms with Gasteiger partial charge in [0, 0.05) is 24.4 Å². The topological polar surface area (TPSA) is 23.6 Å². The summed E-state index contributed by atoms with van der Waals surface area (Å²) in [6.07, 6.45) is 8.37. The fraction of sp³-hybridized carbons (Fsp3) is 0.933. The summed E-state index contributed by atoms with van der Waals surface area (Å²) >= 11 is 1.98. The number of likely N-dealkylation sites (N-methyl/N-ethyl adjacent to an activating group) is 1. The van der Waals surface area contributed by atoms with Gasteiger partial charge < -0.3 is 4.90 Å². The van der Waals surface area contributed by atoms with Crippen LogP contribution in [0.3, 0.4) is 0 Å². The van der Waals surface area contributed by atoms with Gasteiger partial charge in [-0.1, -0.05) is 6.92 Å². The second-order valence-corrected chi connectivity index (χ2v) is 7.44. The van der Waals surface area contributed by atoms with Crippen molar-refractivity contribution in [1.29, 1.82) is 0 Å². The van der Waals surface area contributed by atoms with Gasteiger partial charge in [0.05, 0.1) is 6.54 Å². The van der Waals surface area contributed by atoms with E-state index >= 15 is 0 Å². The summed E-state index contributed by atoms with van der Waals surface area (Å²) < 4.78 is 0. The Morgan fingerprint density at radius 2 is 1.95 bits per heavy atom. The number of carbonyl (C=O) groups excluding carboxylic acids is 1. The van der Waals surface area contributed by atoms with Crippen LogP contribution < -0.4 is 0 Å². The van der Waals surface area contributed by atoms with Crippen molar-refractivity contribution in [3.63, 3.8) is 0 Å². The summed E-state index contributed by atoms with van der Waals surface area (Å²) in [5.74, 6) is 1.13. The van der Waals surface area contributed by atoms with Crippen molar-refractivity contribution in [1.82, 2.24) is 9.80 Å². The van der Waals surface area contributed by atoms with Gasteiger partial charge in [0.25, 0.3) is 0 Å². The lowest BCUT2D eigenvalue weighted by atomic mass is 9.99. The number of rotatable bonds is 4. The lowest BCUT2D eigenvalue weighted by Crippen LogP contribution is -2.45. The van der Waals surface area contributed by atoms with Gasteiger partial charge in [0.2, 0.25) is 5.91 Å². The van der Waals surface area contributed by atoms with E-state index in [2.05, 4.69) is 30.0 Å². The molecule has 1 saturated heterocycles. The van der Waals surface area contributed by atoms with Gasteiger partial charge in [-0.05, 0) is 51.3 Å². The van der Waals surface area contributed by atoms with Crippen molar-refractivity contribution in [2.24, 2.45) is 5.92 Å². The molecule has 0 radical (unpaired) electrons. The maximum Gasteiger partial charge on any atom is 0.236 e. The summed E-state index contributed by atoms with van der Waals surface area (Å²) in [4.78, 5) is 16.7. The van der Waals surface area contributed by atoms with Crippen LogP contribution in [0.25, 0.3) is 0 Å². The van der Waals surface area contributed by atoms with E-state index in [1.807, 2.05) is 11.8 Å². The number of amides is 1. The maximum absolute atomic E-state index is 12.3. The Bertz CT molecular complexity index is 303. The third kappa shape index (κ3) is 4.12. The molecular formula is C15H28N2OS. The molecule has 0 aromatic heterocycles. The average Bonchev–Trinajstić information content (AvgIpc) is 2.88. The maximum atomic E-state index is 12.3. The van der Waals surface area contributed by atoms with E-state index in [4.69, 9.17) is 0 Å². The van der Waals surface area contributed by atoms with Gasteiger partial charge in [-0.15, -0.1) is 0 Å². The number of nitrogens with zero attached hydrogens (tertiary/aromatic N) is 2. The Morgan fingerprint density at radius 1 is 1.26 bits per heavy atom. The van der Waals surface area contributed by atoms with Gasteiger partial charge in [-0.2, -0.15) is 11.8 Å². The Balaban J connectivity index is 1.75. The molecule has 1 amide bonds. The molecule has 0 aromatic carbocycles. The van der Waals surface area contributed by atoms with Crippen LogP contribution in [0.2, 0.25) is 0 Å². The second kappa shape index (κ2) is 6.98. The molecule has 0 unspecified atom stereocenters. The van der Waals surface area contributed by atoms with E-state index in [0.29, 0.717) is 18.5 Å². The molecule has 0 bridgehead atoms. The number of carbonyl (C=O) groups is 1. The minimum atomic E-state index is 0.335. The summed E-state index contributed by atoms with van der Waals surface area (Å²) in [5.41, 5.74) is 0. The van der Waals surface area contributed by atoms with Crippen molar-refractivity contribution in [2.75, 3.05) is 32.9 Å². The van der Waals surface area contributed by atoms with E-state index in [-0.39, 0.29) is 0 Å². The first-order valence-electron chi connectivity index (χ1n) is 7.61. The number of likely N-dealkylation sites (tertiary alicyclic amines) is 1. The molecule has 19 heavy (non-hydrogen) atoms. The zero-order valence-electron chi connectivity index (χ0n) is 12.6. The minimum absolute atomic E-state index is 0.335.